The van der Waals surface area contributed by atoms with Crippen LogP contribution in [0.3, 0.4) is 0 Å². The maximum atomic E-state index is 10.9. The average molecular weight is 138 g/mol. The van der Waals surface area contributed by atoms with E-state index in [4.69, 9.17) is 6.42 Å². The van der Waals surface area contributed by atoms with E-state index in [1.165, 1.54) is 7.11 Å². The summed E-state index contributed by atoms with van der Waals surface area (Å²) >= 11 is 0. The largest absolute Gasteiger partial charge is 0.469 e. The SMILES string of the molecule is C#C[C@H]1C[C@]1(C)C(=O)OC. The number of methoxy groups -OCH3 is 1. The molecular weight excluding hydrogens is 128 g/mol. The van der Waals surface area contributed by atoms with Gasteiger partial charge in [-0.15, -0.1) is 12.3 Å². The van der Waals surface area contributed by atoms with Gasteiger partial charge in [-0.3, -0.25) is 4.79 Å². The van der Waals surface area contributed by atoms with E-state index in [0.29, 0.717) is 0 Å². The van der Waals surface area contributed by atoms with Gasteiger partial charge in [0.05, 0.1) is 12.5 Å². The molecule has 0 heterocycles. The Bertz CT molecular complexity index is 202. The molecule has 0 saturated heterocycles. The Balaban J connectivity index is 2.60. The molecule has 54 valence electrons. The molecule has 0 unspecified atom stereocenters. The maximum Gasteiger partial charge on any atom is 0.312 e. The van der Waals surface area contributed by atoms with Gasteiger partial charge in [-0.1, -0.05) is 0 Å². The van der Waals surface area contributed by atoms with Crippen molar-refractivity contribution in [1.82, 2.24) is 0 Å². The minimum absolute atomic E-state index is 0.0972. The first kappa shape index (κ1) is 7.14. The monoisotopic (exact) mass is 138 g/mol. The first-order valence-electron chi connectivity index (χ1n) is 3.19. The minimum atomic E-state index is -0.372. The van der Waals surface area contributed by atoms with Gasteiger partial charge in [-0.05, 0) is 13.3 Å². The molecule has 10 heavy (non-hydrogen) atoms. The molecule has 0 amide bonds. The number of ether oxygens (including phenoxy) is 1. The summed E-state index contributed by atoms with van der Waals surface area (Å²) in [5, 5.41) is 0. The van der Waals surface area contributed by atoms with Crippen LogP contribution in [0.1, 0.15) is 13.3 Å². The van der Waals surface area contributed by atoms with Crippen molar-refractivity contribution in [3.8, 4) is 12.3 Å². The van der Waals surface area contributed by atoms with E-state index in [0.717, 1.165) is 6.42 Å². The van der Waals surface area contributed by atoms with Gasteiger partial charge in [0.2, 0.25) is 0 Å². The predicted molar refractivity (Wildman–Crippen MR) is 37.1 cm³/mol. The van der Waals surface area contributed by atoms with Crippen LogP contribution in [-0.4, -0.2) is 13.1 Å². The Morgan fingerprint density at radius 3 is 2.80 bits per heavy atom. The van der Waals surface area contributed by atoms with Crippen molar-refractivity contribution in [2.24, 2.45) is 11.3 Å². The molecule has 0 aromatic heterocycles. The molecule has 0 aliphatic heterocycles. The van der Waals surface area contributed by atoms with Crippen molar-refractivity contribution in [1.29, 1.82) is 0 Å². The Labute approximate surface area is 60.6 Å². The summed E-state index contributed by atoms with van der Waals surface area (Å²) in [6.07, 6.45) is 5.92. The van der Waals surface area contributed by atoms with Gasteiger partial charge in [0.15, 0.2) is 0 Å². The summed E-state index contributed by atoms with van der Waals surface area (Å²) in [6, 6.07) is 0. The van der Waals surface area contributed by atoms with E-state index in [9.17, 15) is 4.79 Å². The second-order valence-electron chi connectivity index (χ2n) is 2.83. The van der Waals surface area contributed by atoms with E-state index < -0.39 is 0 Å². The molecule has 0 radical (unpaired) electrons. The van der Waals surface area contributed by atoms with Crippen molar-refractivity contribution in [2.75, 3.05) is 7.11 Å². The molecular formula is C8H10O2. The fourth-order valence-corrected chi connectivity index (χ4v) is 1.07. The third kappa shape index (κ3) is 0.786. The van der Waals surface area contributed by atoms with Crippen LogP contribution < -0.4 is 0 Å². The highest BCUT2D eigenvalue weighted by Gasteiger charge is 2.56. The highest BCUT2D eigenvalue weighted by atomic mass is 16.5. The van der Waals surface area contributed by atoms with Gasteiger partial charge in [-0.2, -0.15) is 0 Å². The highest BCUT2D eigenvalue weighted by Crippen LogP contribution is 2.52. The van der Waals surface area contributed by atoms with Crippen LogP contribution in [0.25, 0.3) is 0 Å². The molecule has 0 bridgehead atoms. The second kappa shape index (κ2) is 2.02. The van der Waals surface area contributed by atoms with Crippen LogP contribution in [0.5, 0.6) is 0 Å². The summed E-state index contributed by atoms with van der Waals surface area (Å²) in [5.74, 6) is 2.46. The zero-order valence-corrected chi connectivity index (χ0v) is 6.18. The summed E-state index contributed by atoms with van der Waals surface area (Å²) < 4.78 is 4.57. The van der Waals surface area contributed by atoms with E-state index >= 15 is 0 Å². The van der Waals surface area contributed by atoms with Gasteiger partial charge in [0, 0.05) is 5.92 Å². The number of carbonyl (C=O) groups is 1. The molecule has 2 nitrogen and oxygen atoms in total. The molecule has 0 aromatic rings. The lowest BCUT2D eigenvalue weighted by molar-refractivity contribution is -0.146. The summed E-state index contributed by atoms with van der Waals surface area (Å²) in [7, 11) is 1.39. The van der Waals surface area contributed by atoms with Crippen LogP contribution in [-0.2, 0) is 9.53 Å². The maximum absolute atomic E-state index is 10.9. The average Bonchev–Trinajstić information content (AvgIpc) is 2.61. The third-order valence-corrected chi connectivity index (χ3v) is 2.09. The standard InChI is InChI=1S/C8H10O2/c1-4-6-5-8(6,2)7(9)10-3/h1,6H,5H2,2-3H3/t6-,8-/m0/s1. The molecule has 1 fully saturated rings. The number of esters is 1. The van der Waals surface area contributed by atoms with E-state index in [-0.39, 0.29) is 17.3 Å². The van der Waals surface area contributed by atoms with E-state index in [1.807, 2.05) is 6.92 Å². The van der Waals surface area contributed by atoms with Crippen molar-refractivity contribution in [3.05, 3.63) is 0 Å². The van der Waals surface area contributed by atoms with Crippen molar-refractivity contribution in [3.63, 3.8) is 0 Å². The molecule has 1 saturated carbocycles. The Hall–Kier alpha value is -0.970. The number of hydrogen-bond acceptors (Lipinski definition) is 2. The highest BCUT2D eigenvalue weighted by molar-refractivity contribution is 5.80. The minimum Gasteiger partial charge on any atom is -0.469 e. The quantitative estimate of drug-likeness (QED) is 0.396. The van der Waals surface area contributed by atoms with Crippen LogP contribution in [0.15, 0.2) is 0 Å². The van der Waals surface area contributed by atoms with E-state index in [2.05, 4.69) is 10.7 Å². The topological polar surface area (TPSA) is 26.3 Å². The second-order valence-corrected chi connectivity index (χ2v) is 2.83. The van der Waals surface area contributed by atoms with Crippen molar-refractivity contribution in [2.45, 2.75) is 13.3 Å². The van der Waals surface area contributed by atoms with Crippen LogP contribution in [0.2, 0.25) is 0 Å². The predicted octanol–water partition coefficient (Wildman–Crippen LogP) is 0.819. The summed E-state index contributed by atoms with van der Waals surface area (Å²) in [6.45, 7) is 1.84. The number of terminal acetylenes is 1. The van der Waals surface area contributed by atoms with Gasteiger partial charge in [0.25, 0.3) is 0 Å². The van der Waals surface area contributed by atoms with Gasteiger partial charge >= 0.3 is 5.97 Å². The number of hydrogen-bond donors (Lipinski definition) is 0. The third-order valence-electron chi connectivity index (χ3n) is 2.09. The lowest BCUT2D eigenvalue weighted by atomic mass is 10.1. The molecule has 0 N–H and O–H groups in total. The molecule has 0 spiro atoms. The fourth-order valence-electron chi connectivity index (χ4n) is 1.07. The first-order valence-corrected chi connectivity index (χ1v) is 3.19. The van der Waals surface area contributed by atoms with Crippen molar-refractivity contribution >= 4 is 5.97 Å². The fraction of sp³-hybridized carbons (Fsp3) is 0.625. The van der Waals surface area contributed by atoms with Crippen LogP contribution >= 0.6 is 0 Å². The normalized spacial score (nSPS) is 36.3. The lowest BCUT2D eigenvalue weighted by Gasteiger charge is -2.04. The van der Waals surface area contributed by atoms with Gasteiger partial charge < -0.3 is 4.74 Å². The molecule has 1 aliphatic rings. The lowest BCUT2D eigenvalue weighted by Crippen LogP contribution is -2.15. The Morgan fingerprint density at radius 2 is 2.50 bits per heavy atom. The molecule has 1 aliphatic carbocycles. The van der Waals surface area contributed by atoms with Crippen molar-refractivity contribution < 1.29 is 9.53 Å². The first-order chi connectivity index (χ1) is 4.65. The van der Waals surface area contributed by atoms with Crippen LogP contribution in [0.4, 0.5) is 0 Å². The zero-order valence-electron chi connectivity index (χ0n) is 6.18. The van der Waals surface area contributed by atoms with Crippen LogP contribution in [0, 0.1) is 23.7 Å². The number of rotatable bonds is 1. The Morgan fingerprint density at radius 1 is 1.90 bits per heavy atom. The van der Waals surface area contributed by atoms with E-state index in [1.54, 1.807) is 0 Å². The van der Waals surface area contributed by atoms with Gasteiger partial charge in [0.1, 0.15) is 0 Å². The molecule has 2 heteroatoms. The Kier molecular flexibility index (Phi) is 1.44. The smallest absolute Gasteiger partial charge is 0.312 e. The zero-order chi connectivity index (χ0) is 7.78. The molecule has 2 atom stereocenters. The summed E-state index contributed by atoms with van der Waals surface area (Å²) in [4.78, 5) is 10.9. The molecule has 0 aromatic carbocycles. The number of carbonyl (C=O) groups excluding carboxylic acids is 1. The summed E-state index contributed by atoms with van der Waals surface area (Å²) in [5.41, 5.74) is -0.372. The van der Waals surface area contributed by atoms with Gasteiger partial charge in [-0.25, -0.2) is 0 Å². The molecule has 1 rings (SSSR count).